The number of furan rings is 1. The Morgan fingerprint density at radius 2 is 2.00 bits per heavy atom. The van der Waals surface area contributed by atoms with Crippen LogP contribution in [-0.4, -0.2) is 42.9 Å². The van der Waals surface area contributed by atoms with Crippen LogP contribution in [0.2, 0.25) is 0 Å². The normalized spacial score (nSPS) is 17.8. The number of hydrogen-bond donors (Lipinski definition) is 1. The molecule has 2 aromatic heterocycles. The fourth-order valence-electron chi connectivity index (χ4n) is 3.76. The smallest absolute Gasteiger partial charge is 0.296 e. The third-order valence-corrected chi connectivity index (χ3v) is 6.31. The Morgan fingerprint density at radius 1 is 1.22 bits per heavy atom. The summed E-state index contributed by atoms with van der Waals surface area (Å²) in [5, 5.41) is 13.1. The van der Waals surface area contributed by atoms with Gasteiger partial charge in [0.25, 0.3) is 11.7 Å². The van der Waals surface area contributed by atoms with Crippen LogP contribution in [-0.2, 0) is 16.1 Å². The Labute approximate surface area is 190 Å². The van der Waals surface area contributed by atoms with Gasteiger partial charge in [-0.2, -0.15) is 0 Å². The van der Waals surface area contributed by atoms with Gasteiger partial charge in [-0.3, -0.25) is 9.59 Å². The average Bonchev–Trinajstić information content (AvgIpc) is 3.51. The fraction of sp³-hybridized carbons (Fsp3) is 0.250. The minimum Gasteiger partial charge on any atom is -0.507 e. The molecule has 1 aliphatic heterocycles. The monoisotopic (exact) mass is 452 g/mol. The molecule has 0 spiro atoms. The van der Waals surface area contributed by atoms with Gasteiger partial charge in [0.1, 0.15) is 23.3 Å². The maximum atomic E-state index is 13.1. The lowest BCUT2D eigenvalue weighted by molar-refractivity contribution is -0.140. The molecule has 0 radical (unpaired) electrons. The first kappa shape index (κ1) is 21.7. The standard InChI is InChI=1S/C24H24N2O5S/c1-14-7-8-15(12-18(14)30-4)22(27)20-21(17-9-10-19(31-17)25(2)3)26(24(29)23(20)28)13-16-6-5-11-32-16/h5-12,21,27H,13H2,1-4H3/b22-20+. The predicted octanol–water partition coefficient (Wildman–Crippen LogP) is 4.35. The molecule has 1 aliphatic rings. The Hall–Kier alpha value is -3.52. The molecule has 1 amide bonds. The first-order chi connectivity index (χ1) is 15.3. The summed E-state index contributed by atoms with van der Waals surface area (Å²) in [6.45, 7) is 2.12. The lowest BCUT2D eigenvalue weighted by atomic mass is 9.98. The molecule has 8 heteroatoms. The first-order valence-electron chi connectivity index (χ1n) is 10.0. The third kappa shape index (κ3) is 3.78. The molecular weight excluding hydrogens is 428 g/mol. The number of carbonyl (C=O) groups is 2. The van der Waals surface area contributed by atoms with Crippen molar-refractivity contribution >= 4 is 34.7 Å². The van der Waals surface area contributed by atoms with Crippen LogP contribution in [0.25, 0.3) is 5.76 Å². The van der Waals surface area contributed by atoms with Gasteiger partial charge in [0.15, 0.2) is 5.88 Å². The lowest BCUT2D eigenvalue weighted by Gasteiger charge is -2.23. The summed E-state index contributed by atoms with van der Waals surface area (Å²) in [7, 11) is 5.21. The topological polar surface area (TPSA) is 83.2 Å². The van der Waals surface area contributed by atoms with Crippen LogP contribution in [0.5, 0.6) is 5.75 Å². The van der Waals surface area contributed by atoms with Crippen molar-refractivity contribution in [3.8, 4) is 5.75 Å². The zero-order valence-electron chi connectivity index (χ0n) is 18.3. The van der Waals surface area contributed by atoms with Gasteiger partial charge in [-0.1, -0.05) is 18.2 Å². The number of likely N-dealkylation sites (tertiary alicyclic amines) is 1. The van der Waals surface area contributed by atoms with Crippen molar-refractivity contribution in [2.24, 2.45) is 0 Å². The molecule has 166 valence electrons. The Balaban J connectivity index is 1.87. The van der Waals surface area contributed by atoms with Crippen molar-refractivity contribution in [1.29, 1.82) is 0 Å². The van der Waals surface area contributed by atoms with Gasteiger partial charge >= 0.3 is 0 Å². The van der Waals surface area contributed by atoms with Crippen LogP contribution in [0.1, 0.15) is 27.8 Å². The van der Waals surface area contributed by atoms with Gasteiger partial charge in [-0.15, -0.1) is 11.3 Å². The van der Waals surface area contributed by atoms with E-state index in [2.05, 4.69) is 0 Å². The van der Waals surface area contributed by atoms with E-state index >= 15 is 0 Å². The number of ether oxygens (including phenoxy) is 1. The molecule has 0 saturated carbocycles. The third-order valence-electron chi connectivity index (χ3n) is 5.45. The van der Waals surface area contributed by atoms with Crippen LogP contribution in [0.4, 0.5) is 5.88 Å². The molecule has 3 aromatic rings. The van der Waals surface area contributed by atoms with Gasteiger partial charge < -0.3 is 24.1 Å². The van der Waals surface area contributed by atoms with Crippen molar-refractivity contribution in [1.82, 2.24) is 4.90 Å². The molecule has 0 aliphatic carbocycles. The number of aliphatic hydroxyl groups excluding tert-OH is 1. The highest BCUT2D eigenvalue weighted by Crippen LogP contribution is 2.42. The number of aryl methyl sites for hydroxylation is 1. The second-order valence-corrected chi connectivity index (χ2v) is 8.79. The number of amides is 1. The molecule has 3 heterocycles. The first-order valence-corrected chi connectivity index (χ1v) is 10.9. The van der Waals surface area contributed by atoms with Gasteiger partial charge in [0, 0.05) is 30.6 Å². The number of benzene rings is 1. The van der Waals surface area contributed by atoms with Gasteiger partial charge in [-0.25, -0.2) is 0 Å². The zero-order chi connectivity index (χ0) is 23.0. The SMILES string of the molecule is COc1cc(/C(O)=C2\C(=O)C(=O)N(Cc3cccs3)C2c2ccc(N(C)C)o2)ccc1C. The molecule has 0 bridgehead atoms. The summed E-state index contributed by atoms with van der Waals surface area (Å²) in [6.07, 6.45) is 0. The quantitative estimate of drug-likeness (QED) is 0.340. The van der Waals surface area contributed by atoms with Crippen LogP contribution < -0.4 is 9.64 Å². The fourth-order valence-corrected chi connectivity index (χ4v) is 4.46. The Morgan fingerprint density at radius 3 is 2.62 bits per heavy atom. The molecule has 1 unspecified atom stereocenters. The van der Waals surface area contributed by atoms with Crippen LogP contribution in [0, 0.1) is 6.92 Å². The van der Waals surface area contributed by atoms with Crippen LogP contribution in [0.3, 0.4) is 0 Å². The number of carbonyl (C=O) groups excluding carboxylic acids is 2. The van der Waals surface area contributed by atoms with E-state index in [9.17, 15) is 14.7 Å². The lowest BCUT2D eigenvalue weighted by Crippen LogP contribution is -2.28. The van der Waals surface area contributed by atoms with Crippen molar-refractivity contribution in [2.75, 3.05) is 26.1 Å². The van der Waals surface area contributed by atoms with E-state index in [4.69, 9.17) is 9.15 Å². The van der Waals surface area contributed by atoms with E-state index in [1.54, 1.807) is 35.2 Å². The summed E-state index contributed by atoms with van der Waals surface area (Å²) in [4.78, 5) is 30.3. The van der Waals surface area contributed by atoms with E-state index in [1.807, 2.05) is 38.5 Å². The largest absolute Gasteiger partial charge is 0.507 e. The minimum atomic E-state index is -0.849. The summed E-state index contributed by atoms with van der Waals surface area (Å²) >= 11 is 1.49. The summed E-state index contributed by atoms with van der Waals surface area (Å²) in [5.41, 5.74) is 1.28. The molecule has 4 rings (SSSR count). The number of thiophene rings is 1. The predicted molar refractivity (Wildman–Crippen MR) is 123 cm³/mol. The second-order valence-electron chi connectivity index (χ2n) is 7.76. The molecule has 7 nitrogen and oxygen atoms in total. The molecule has 1 atom stereocenters. The summed E-state index contributed by atoms with van der Waals surface area (Å²) in [5.74, 6) is -0.114. The molecule has 1 aromatic carbocycles. The molecule has 1 N–H and O–H groups in total. The molecule has 1 fully saturated rings. The highest BCUT2D eigenvalue weighted by Gasteiger charge is 2.47. The van der Waals surface area contributed by atoms with E-state index in [0.29, 0.717) is 23.0 Å². The van der Waals surface area contributed by atoms with Crippen LogP contribution in [0.15, 0.2) is 57.8 Å². The molecule has 32 heavy (non-hydrogen) atoms. The summed E-state index contributed by atoms with van der Waals surface area (Å²) < 4.78 is 11.3. The van der Waals surface area contributed by atoms with E-state index in [1.165, 1.54) is 23.3 Å². The number of ketones is 1. The van der Waals surface area contributed by atoms with Crippen molar-refractivity contribution in [3.63, 3.8) is 0 Å². The maximum Gasteiger partial charge on any atom is 0.296 e. The Kier molecular flexibility index (Phi) is 5.80. The number of methoxy groups -OCH3 is 1. The molecular formula is C24H24N2O5S. The highest BCUT2D eigenvalue weighted by atomic mass is 32.1. The van der Waals surface area contributed by atoms with Crippen molar-refractivity contribution < 1.29 is 23.8 Å². The number of nitrogens with zero attached hydrogens (tertiary/aromatic N) is 2. The minimum absolute atomic E-state index is 0.00267. The van der Waals surface area contributed by atoms with Crippen molar-refractivity contribution in [2.45, 2.75) is 19.5 Å². The Bertz CT molecular complexity index is 1190. The van der Waals surface area contributed by atoms with Crippen LogP contribution >= 0.6 is 11.3 Å². The highest BCUT2D eigenvalue weighted by molar-refractivity contribution is 7.09. The van der Waals surface area contributed by atoms with E-state index in [0.717, 1.165) is 10.4 Å². The number of anilines is 1. The van der Waals surface area contributed by atoms with Gasteiger partial charge in [0.05, 0.1) is 19.2 Å². The number of aliphatic hydroxyl groups is 1. The number of rotatable bonds is 6. The zero-order valence-corrected chi connectivity index (χ0v) is 19.1. The molecule has 1 saturated heterocycles. The van der Waals surface area contributed by atoms with Gasteiger partial charge in [-0.05, 0) is 36.1 Å². The number of Topliss-reactive ketones (excluding diaryl/α,β-unsaturated/α-hetero) is 1. The van der Waals surface area contributed by atoms with Crippen molar-refractivity contribution in [3.05, 3.63) is 75.2 Å². The van der Waals surface area contributed by atoms with E-state index < -0.39 is 17.7 Å². The number of hydrogen-bond acceptors (Lipinski definition) is 7. The second kappa shape index (κ2) is 8.55. The average molecular weight is 453 g/mol. The van der Waals surface area contributed by atoms with Gasteiger partial charge in [0.2, 0.25) is 0 Å². The summed E-state index contributed by atoms with van der Waals surface area (Å²) in [6, 6.07) is 11.6. The van der Waals surface area contributed by atoms with E-state index in [-0.39, 0.29) is 17.9 Å². The maximum absolute atomic E-state index is 13.1.